The SMILES string of the molecule is COc1ccc(OC)c(-c2cc3c(CO)cc(OC)cc3[nH]2)c1. The number of aliphatic hydroxyl groups is 1. The van der Waals surface area contributed by atoms with Gasteiger partial charge in [-0.25, -0.2) is 0 Å². The monoisotopic (exact) mass is 313 g/mol. The van der Waals surface area contributed by atoms with E-state index in [1.165, 1.54) is 0 Å². The maximum absolute atomic E-state index is 9.60. The maximum atomic E-state index is 9.60. The van der Waals surface area contributed by atoms with Gasteiger partial charge in [0, 0.05) is 22.5 Å². The molecule has 0 aliphatic carbocycles. The summed E-state index contributed by atoms with van der Waals surface area (Å²) in [6.07, 6.45) is 0. The van der Waals surface area contributed by atoms with Crippen molar-refractivity contribution in [2.24, 2.45) is 0 Å². The van der Waals surface area contributed by atoms with Crippen LogP contribution in [0.25, 0.3) is 22.2 Å². The summed E-state index contributed by atoms with van der Waals surface area (Å²) in [7, 11) is 4.87. The second-order valence-electron chi connectivity index (χ2n) is 5.16. The molecule has 0 spiro atoms. The lowest BCUT2D eigenvalue weighted by Crippen LogP contribution is -1.90. The summed E-state index contributed by atoms with van der Waals surface area (Å²) in [6.45, 7) is -0.0553. The molecule has 0 saturated carbocycles. The van der Waals surface area contributed by atoms with E-state index in [0.29, 0.717) is 5.75 Å². The lowest BCUT2D eigenvalue weighted by molar-refractivity contribution is 0.282. The van der Waals surface area contributed by atoms with Gasteiger partial charge in [-0.15, -0.1) is 0 Å². The smallest absolute Gasteiger partial charge is 0.128 e. The highest BCUT2D eigenvalue weighted by molar-refractivity contribution is 5.90. The van der Waals surface area contributed by atoms with Crippen molar-refractivity contribution >= 4 is 10.9 Å². The molecule has 0 aliphatic heterocycles. The fourth-order valence-electron chi connectivity index (χ4n) is 2.70. The molecule has 0 atom stereocenters. The first-order valence-corrected chi connectivity index (χ1v) is 7.23. The van der Waals surface area contributed by atoms with Crippen LogP contribution in [0.3, 0.4) is 0 Å². The van der Waals surface area contributed by atoms with Crippen LogP contribution in [0.15, 0.2) is 36.4 Å². The number of benzene rings is 2. The highest BCUT2D eigenvalue weighted by Crippen LogP contribution is 2.36. The normalized spacial score (nSPS) is 10.8. The van der Waals surface area contributed by atoms with Gasteiger partial charge in [0.15, 0.2) is 0 Å². The summed E-state index contributed by atoms with van der Waals surface area (Å²) in [5.41, 5.74) is 3.49. The van der Waals surface area contributed by atoms with E-state index in [1.54, 1.807) is 21.3 Å². The zero-order valence-electron chi connectivity index (χ0n) is 13.3. The van der Waals surface area contributed by atoms with Crippen molar-refractivity contribution in [1.29, 1.82) is 0 Å². The van der Waals surface area contributed by atoms with Crippen LogP contribution in [-0.2, 0) is 6.61 Å². The lowest BCUT2D eigenvalue weighted by Gasteiger charge is -2.09. The molecule has 3 aromatic rings. The number of ether oxygens (including phenoxy) is 3. The van der Waals surface area contributed by atoms with Gasteiger partial charge in [0.2, 0.25) is 0 Å². The molecule has 1 aromatic heterocycles. The Bertz CT molecular complexity index is 838. The topological polar surface area (TPSA) is 63.7 Å². The number of fused-ring (bicyclic) bond motifs is 1. The molecule has 0 amide bonds. The van der Waals surface area contributed by atoms with Crippen molar-refractivity contribution < 1.29 is 19.3 Å². The average Bonchev–Trinajstić information content (AvgIpc) is 3.03. The Morgan fingerprint density at radius 2 is 1.70 bits per heavy atom. The molecule has 2 aromatic carbocycles. The predicted octanol–water partition coefficient (Wildman–Crippen LogP) is 3.35. The van der Waals surface area contributed by atoms with Crippen LogP contribution < -0.4 is 14.2 Å². The van der Waals surface area contributed by atoms with Crippen LogP contribution >= 0.6 is 0 Å². The molecule has 0 radical (unpaired) electrons. The quantitative estimate of drug-likeness (QED) is 0.758. The molecule has 2 N–H and O–H groups in total. The van der Waals surface area contributed by atoms with E-state index >= 15 is 0 Å². The van der Waals surface area contributed by atoms with Gasteiger partial charge in [0.05, 0.1) is 33.6 Å². The van der Waals surface area contributed by atoms with E-state index in [9.17, 15) is 5.11 Å². The summed E-state index contributed by atoms with van der Waals surface area (Å²) in [6, 6.07) is 11.4. The van der Waals surface area contributed by atoms with Crippen molar-refractivity contribution in [1.82, 2.24) is 4.98 Å². The maximum Gasteiger partial charge on any atom is 0.128 e. The summed E-state index contributed by atoms with van der Waals surface area (Å²) in [4.78, 5) is 3.36. The van der Waals surface area contributed by atoms with Gasteiger partial charge >= 0.3 is 0 Å². The Kier molecular flexibility index (Phi) is 4.12. The summed E-state index contributed by atoms with van der Waals surface area (Å²) < 4.78 is 16.0. The fourth-order valence-corrected chi connectivity index (χ4v) is 2.70. The minimum Gasteiger partial charge on any atom is -0.497 e. The second-order valence-corrected chi connectivity index (χ2v) is 5.16. The number of hydrogen-bond donors (Lipinski definition) is 2. The zero-order valence-corrected chi connectivity index (χ0v) is 13.3. The number of hydrogen-bond acceptors (Lipinski definition) is 4. The van der Waals surface area contributed by atoms with Crippen LogP contribution in [-0.4, -0.2) is 31.4 Å². The molecule has 0 saturated heterocycles. The third-order valence-electron chi connectivity index (χ3n) is 3.90. The first-order valence-electron chi connectivity index (χ1n) is 7.23. The minimum absolute atomic E-state index is 0.0553. The van der Waals surface area contributed by atoms with Gasteiger partial charge < -0.3 is 24.3 Å². The Morgan fingerprint density at radius 1 is 0.913 bits per heavy atom. The van der Waals surface area contributed by atoms with Crippen molar-refractivity contribution in [3.63, 3.8) is 0 Å². The fraction of sp³-hybridized carbons (Fsp3) is 0.222. The Morgan fingerprint density at radius 3 is 2.35 bits per heavy atom. The molecule has 0 bridgehead atoms. The van der Waals surface area contributed by atoms with Gasteiger partial charge in [-0.05, 0) is 35.9 Å². The van der Waals surface area contributed by atoms with Crippen molar-refractivity contribution in [2.45, 2.75) is 6.61 Å². The van der Waals surface area contributed by atoms with E-state index in [1.807, 2.05) is 36.4 Å². The summed E-state index contributed by atoms with van der Waals surface area (Å²) in [5.74, 6) is 2.20. The van der Waals surface area contributed by atoms with Crippen LogP contribution in [0.4, 0.5) is 0 Å². The molecular weight excluding hydrogens is 294 g/mol. The summed E-state index contributed by atoms with van der Waals surface area (Å²) >= 11 is 0. The van der Waals surface area contributed by atoms with Gasteiger partial charge in [-0.2, -0.15) is 0 Å². The van der Waals surface area contributed by atoms with Crippen LogP contribution in [0.5, 0.6) is 17.2 Å². The van der Waals surface area contributed by atoms with E-state index in [-0.39, 0.29) is 6.61 Å². The Hall–Kier alpha value is -2.66. The molecule has 0 aliphatic rings. The number of aliphatic hydroxyl groups excluding tert-OH is 1. The van der Waals surface area contributed by atoms with Crippen molar-refractivity contribution in [3.05, 3.63) is 42.0 Å². The van der Waals surface area contributed by atoms with Crippen LogP contribution in [0.1, 0.15) is 5.56 Å². The van der Waals surface area contributed by atoms with Gasteiger partial charge in [-0.3, -0.25) is 0 Å². The minimum atomic E-state index is -0.0553. The largest absolute Gasteiger partial charge is 0.497 e. The predicted molar refractivity (Wildman–Crippen MR) is 89.3 cm³/mol. The molecular formula is C18H19NO4. The van der Waals surface area contributed by atoms with Gasteiger partial charge in [-0.1, -0.05) is 0 Å². The average molecular weight is 313 g/mol. The van der Waals surface area contributed by atoms with E-state index in [0.717, 1.165) is 39.2 Å². The number of aromatic nitrogens is 1. The van der Waals surface area contributed by atoms with Crippen molar-refractivity contribution in [2.75, 3.05) is 21.3 Å². The second kappa shape index (κ2) is 6.22. The van der Waals surface area contributed by atoms with E-state index < -0.39 is 0 Å². The molecule has 23 heavy (non-hydrogen) atoms. The van der Waals surface area contributed by atoms with Crippen LogP contribution in [0, 0.1) is 0 Å². The number of aromatic amines is 1. The van der Waals surface area contributed by atoms with Gasteiger partial charge in [0.25, 0.3) is 0 Å². The Labute approximate surface area is 134 Å². The molecule has 3 rings (SSSR count). The number of rotatable bonds is 5. The third kappa shape index (κ3) is 2.71. The van der Waals surface area contributed by atoms with E-state index in [4.69, 9.17) is 14.2 Å². The molecule has 5 nitrogen and oxygen atoms in total. The first kappa shape index (κ1) is 15.2. The highest BCUT2D eigenvalue weighted by Gasteiger charge is 2.13. The number of nitrogens with one attached hydrogen (secondary N) is 1. The molecule has 1 heterocycles. The zero-order chi connectivity index (χ0) is 16.4. The lowest BCUT2D eigenvalue weighted by atomic mass is 10.1. The molecule has 0 fully saturated rings. The standard InChI is InChI=1S/C18H19NO4/c1-21-12-4-5-18(23-3)15(7-12)17-9-14-11(10-20)6-13(22-2)8-16(14)19-17/h4-9,19-20H,10H2,1-3H3. The van der Waals surface area contributed by atoms with E-state index in [2.05, 4.69) is 4.98 Å². The third-order valence-corrected chi connectivity index (χ3v) is 3.90. The first-order chi connectivity index (χ1) is 11.2. The summed E-state index contributed by atoms with van der Waals surface area (Å²) in [5, 5.41) is 10.6. The number of H-pyrrole nitrogens is 1. The Balaban J connectivity index is 2.21. The van der Waals surface area contributed by atoms with Gasteiger partial charge in [0.1, 0.15) is 17.2 Å². The van der Waals surface area contributed by atoms with Crippen LogP contribution in [0.2, 0.25) is 0 Å². The molecule has 5 heteroatoms. The highest BCUT2D eigenvalue weighted by atomic mass is 16.5. The number of methoxy groups -OCH3 is 3. The molecule has 0 unspecified atom stereocenters. The van der Waals surface area contributed by atoms with Crippen molar-refractivity contribution in [3.8, 4) is 28.5 Å². The molecule has 120 valence electrons.